The number of hydrogen-bond donors (Lipinski definition) is 0. The van der Waals surface area contributed by atoms with Gasteiger partial charge in [-0.3, -0.25) is 9.69 Å². The fourth-order valence-corrected chi connectivity index (χ4v) is 3.81. The Morgan fingerprint density at radius 3 is 2.54 bits per heavy atom. The van der Waals surface area contributed by atoms with Crippen LogP contribution in [0, 0.1) is 0 Å². The van der Waals surface area contributed by atoms with Crippen LogP contribution in [0.2, 0.25) is 0 Å². The molecule has 3 rings (SSSR count). The number of carbonyl (C=O) groups excluding carboxylic acids is 1. The van der Waals surface area contributed by atoms with Crippen molar-refractivity contribution in [1.29, 1.82) is 0 Å². The van der Waals surface area contributed by atoms with Crippen molar-refractivity contribution in [3.05, 3.63) is 65.8 Å². The topological polar surface area (TPSA) is 24.2 Å². The largest absolute Gasteiger partial charge is 0.288 e. The number of aromatic nitrogens is 1. The van der Waals surface area contributed by atoms with E-state index in [2.05, 4.69) is 35.8 Å². The standard InChI is InChI=1S/C20H21N2OS/c1-3-14-22-18-11-7-8-12-19(18)24-20(22)13-15-21(16(2)23)17-9-5-4-6-10-17/h4-13,15H,3,14H2,1-2H3/q+1. The molecule has 2 aromatic carbocycles. The van der Waals surface area contributed by atoms with Crippen LogP contribution in [0.4, 0.5) is 5.69 Å². The number of hydrogen-bond acceptors (Lipinski definition) is 2. The number of rotatable bonds is 5. The number of para-hydroxylation sites is 2. The predicted octanol–water partition coefficient (Wildman–Crippen LogP) is 4.62. The number of thiazole rings is 1. The molecule has 1 heterocycles. The van der Waals surface area contributed by atoms with E-state index in [0.29, 0.717) is 0 Å². The summed E-state index contributed by atoms with van der Waals surface area (Å²) in [5.74, 6) is 0.000558. The lowest BCUT2D eigenvalue weighted by atomic mass is 10.3. The summed E-state index contributed by atoms with van der Waals surface area (Å²) in [4.78, 5) is 13.7. The number of carbonyl (C=O) groups is 1. The van der Waals surface area contributed by atoms with Gasteiger partial charge in [0.25, 0.3) is 5.01 Å². The van der Waals surface area contributed by atoms with Crippen LogP contribution in [0.25, 0.3) is 16.3 Å². The van der Waals surface area contributed by atoms with Gasteiger partial charge in [0.05, 0.1) is 0 Å². The molecule has 4 heteroatoms. The highest BCUT2D eigenvalue weighted by molar-refractivity contribution is 7.18. The van der Waals surface area contributed by atoms with Crippen LogP contribution in [0.15, 0.2) is 60.8 Å². The first-order chi connectivity index (χ1) is 11.7. The Labute approximate surface area is 146 Å². The summed E-state index contributed by atoms with van der Waals surface area (Å²) in [5, 5.41) is 1.15. The molecule has 0 bridgehead atoms. The minimum absolute atomic E-state index is 0.000558. The Kier molecular flexibility index (Phi) is 5.06. The molecular weight excluding hydrogens is 316 g/mol. The molecule has 0 unspecified atom stereocenters. The van der Waals surface area contributed by atoms with Gasteiger partial charge >= 0.3 is 0 Å². The van der Waals surface area contributed by atoms with Crippen LogP contribution in [0.1, 0.15) is 25.3 Å². The van der Waals surface area contributed by atoms with E-state index in [1.807, 2.05) is 42.6 Å². The SMILES string of the molecule is CCC[n+]1c(C=CN(C(C)=O)c2ccccc2)sc2ccccc21. The molecule has 24 heavy (non-hydrogen) atoms. The minimum Gasteiger partial charge on any atom is -0.288 e. The fourth-order valence-electron chi connectivity index (χ4n) is 2.73. The molecule has 0 radical (unpaired) electrons. The number of anilines is 1. The normalized spacial score (nSPS) is 11.2. The molecule has 0 saturated carbocycles. The quantitative estimate of drug-likeness (QED) is 0.623. The van der Waals surface area contributed by atoms with Crippen molar-refractivity contribution in [2.75, 3.05) is 4.90 Å². The number of benzene rings is 2. The molecule has 0 aliphatic heterocycles. The molecule has 3 aromatic rings. The van der Waals surface area contributed by atoms with Gasteiger partial charge in [0, 0.05) is 37.4 Å². The first kappa shape index (κ1) is 16.4. The third kappa shape index (κ3) is 3.39. The fraction of sp³-hybridized carbons (Fsp3) is 0.200. The van der Waals surface area contributed by atoms with Crippen molar-refractivity contribution < 1.29 is 9.36 Å². The van der Waals surface area contributed by atoms with Gasteiger partial charge in [-0.2, -0.15) is 4.57 Å². The zero-order chi connectivity index (χ0) is 16.9. The maximum atomic E-state index is 12.0. The Morgan fingerprint density at radius 2 is 1.83 bits per heavy atom. The Balaban J connectivity index is 1.99. The molecular formula is C20H21N2OS+. The van der Waals surface area contributed by atoms with Gasteiger partial charge in [0.2, 0.25) is 11.4 Å². The van der Waals surface area contributed by atoms with E-state index in [0.717, 1.165) is 23.7 Å². The zero-order valence-corrected chi connectivity index (χ0v) is 14.8. The Hall–Kier alpha value is -2.46. The van der Waals surface area contributed by atoms with Crippen molar-refractivity contribution in [1.82, 2.24) is 0 Å². The van der Waals surface area contributed by atoms with Gasteiger partial charge in [0.1, 0.15) is 11.2 Å². The minimum atomic E-state index is 0.000558. The van der Waals surface area contributed by atoms with Crippen LogP contribution in [-0.4, -0.2) is 5.91 Å². The van der Waals surface area contributed by atoms with Crippen molar-refractivity contribution >= 4 is 39.2 Å². The monoisotopic (exact) mass is 337 g/mol. The van der Waals surface area contributed by atoms with Gasteiger partial charge in [-0.1, -0.05) is 48.6 Å². The Morgan fingerprint density at radius 1 is 1.12 bits per heavy atom. The number of amides is 1. The van der Waals surface area contributed by atoms with Crippen LogP contribution < -0.4 is 9.47 Å². The number of nitrogens with zero attached hydrogens (tertiary/aromatic N) is 2. The summed E-state index contributed by atoms with van der Waals surface area (Å²) in [6.07, 6.45) is 4.98. The van der Waals surface area contributed by atoms with Crippen LogP contribution in [-0.2, 0) is 11.3 Å². The first-order valence-corrected chi connectivity index (χ1v) is 8.96. The third-order valence-electron chi connectivity index (χ3n) is 3.82. The van der Waals surface area contributed by atoms with Crippen molar-refractivity contribution in [2.24, 2.45) is 0 Å². The highest BCUT2D eigenvalue weighted by Crippen LogP contribution is 2.22. The van der Waals surface area contributed by atoms with Gasteiger partial charge in [-0.15, -0.1) is 0 Å². The lowest BCUT2D eigenvalue weighted by Crippen LogP contribution is -2.34. The zero-order valence-electron chi connectivity index (χ0n) is 14.0. The molecule has 122 valence electrons. The molecule has 0 atom stereocenters. The summed E-state index contributed by atoms with van der Waals surface area (Å²) in [6, 6.07) is 18.1. The van der Waals surface area contributed by atoms with E-state index in [1.165, 1.54) is 10.2 Å². The van der Waals surface area contributed by atoms with Crippen LogP contribution in [0.3, 0.4) is 0 Å². The highest BCUT2D eigenvalue weighted by atomic mass is 32.1. The van der Waals surface area contributed by atoms with Crippen molar-refractivity contribution in [3.8, 4) is 0 Å². The molecule has 0 aliphatic carbocycles. The summed E-state index contributed by atoms with van der Waals surface area (Å²) in [6.45, 7) is 4.73. The molecule has 1 amide bonds. The van der Waals surface area contributed by atoms with Gasteiger partial charge in [-0.05, 0) is 18.2 Å². The second kappa shape index (κ2) is 7.41. The average Bonchev–Trinajstić information content (AvgIpc) is 2.94. The Bertz CT molecular complexity index is 868. The highest BCUT2D eigenvalue weighted by Gasteiger charge is 2.18. The predicted molar refractivity (Wildman–Crippen MR) is 101 cm³/mol. The number of aryl methyl sites for hydroxylation is 1. The molecule has 0 fully saturated rings. The van der Waals surface area contributed by atoms with E-state index in [1.54, 1.807) is 23.2 Å². The second-order valence-electron chi connectivity index (χ2n) is 5.60. The van der Waals surface area contributed by atoms with Gasteiger partial charge in [0.15, 0.2) is 0 Å². The average molecular weight is 337 g/mol. The summed E-state index contributed by atoms with van der Waals surface area (Å²) < 4.78 is 3.58. The molecule has 0 aliphatic rings. The molecule has 0 saturated heterocycles. The maximum Gasteiger partial charge on any atom is 0.264 e. The summed E-state index contributed by atoms with van der Waals surface area (Å²) in [7, 11) is 0. The molecule has 1 aromatic heterocycles. The maximum absolute atomic E-state index is 12.0. The first-order valence-electron chi connectivity index (χ1n) is 8.15. The van der Waals surface area contributed by atoms with Crippen molar-refractivity contribution in [3.63, 3.8) is 0 Å². The van der Waals surface area contributed by atoms with E-state index in [9.17, 15) is 4.79 Å². The lowest BCUT2D eigenvalue weighted by molar-refractivity contribution is -0.668. The number of fused-ring (bicyclic) bond motifs is 1. The summed E-state index contributed by atoms with van der Waals surface area (Å²) in [5.41, 5.74) is 2.13. The van der Waals surface area contributed by atoms with Gasteiger partial charge < -0.3 is 0 Å². The van der Waals surface area contributed by atoms with E-state index in [4.69, 9.17) is 0 Å². The molecule has 0 spiro atoms. The van der Waals surface area contributed by atoms with E-state index < -0.39 is 0 Å². The third-order valence-corrected chi connectivity index (χ3v) is 4.95. The molecule has 0 N–H and O–H groups in total. The van der Waals surface area contributed by atoms with Crippen LogP contribution >= 0.6 is 11.3 Å². The second-order valence-corrected chi connectivity index (χ2v) is 6.66. The molecule has 3 nitrogen and oxygen atoms in total. The van der Waals surface area contributed by atoms with E-state index >= 15 is 0 Å². The van der Waals surface area contributed by atoms with Crippen molar-refractivity contribution in [2.45, 2.75) is 26.8 Å². The van der Waals surface area contributed by atoms with E-state index in [-0.39, 0.29) is 5.91 Å². The van der Waals surface area contributed by atoms with Gasteiger partial charge in [-0.25, -0.2) is 0 Å². The van der Waals surface area contributed by atoms with Crippen LogP contribution in [0.5, 0.6) is 0 Å². The summed E-state index contributed by atoms with van der Waals surface area (Å²) >= 11 is 1.75. The smallest absolute Gasteiger partial charge is 0.264 e. The lowest BCUT2D eigenvalue weighted by Gasteiger charge is -2.15.